The molecule has 0 bridgehead atoms. The average Bonchev–Trinajstić information content (AvgIpc) is 3.72. The number of H-pyrrole nitrogens is 1. The van der Waals surface area contributed by atoms with Crippen molar-refractivity contribution < 1.29 is 27.4 Å². The molecule has 0 saturated carbocycles. The molecule has 0 aliphatic carbocycles. The topological polar surface area (TPSA) is 138 Å². The molecular formula is C35H39MgN5O6S2. The molecule has 5 aromatic rings. The van der Waals surface area contributed by atoms with Crippen molar-refractivity contribution in [3.63, 3.8) is 0 Å². The molecule has 2 unspecified atom stereocenters. The van der Waals surface area contributed by atoms with Crippen LogP contribution in [0.2, 0.25) is 0 Å². The van der Waals surface area contributed by atoms with Gasteiger partial charge in [0.1, 0.15) is 28.0 Å². The fraction of sp³-hybridized carbons (Fsp3) is 0.314. The van der Waals surface area contributed by atoms with Crippen molar-refractivity contribution in [1.29, 1.82) is 0 Å². The first-order valence-electron chi connectivity index (χ1n) is 15.1. The van der Waals surface area contributed by atoms with Gasteiger partial charge in [0.05, 0.1) is 89.7 Å². The van der Waals surface area contributed by atoms with E-state index in [1.165, 1.54) is 0 Å². The second kappa shape index (κ2) is 16.7. The molecule has 2 atom stereocenters. The predicted molar refractivity (Wildman–Crippen MR) is 195 cm³/mol. The SMILES string of the molecule is COc1ccc2c(c1)N=C(S(=O)Cc1ncc(C)c(OC)c1C)C2.COc1ccc2nc(S(=O)Cc3ncc(C)c(OC)c3C)[nH]c2c1.[Mg]. The van der Waals surface area contributed by atoms with Gasteiger partial charge in [-0.15, -0.1) is 0 Å². The number of rotatable bonds is 9. The zero-order chi connectivity index (χ0) is 34.5. The van der Waals surface area contributed by atoms with Gasteiger partial charge in [-0.2, -0.15) is 0 Å². The lowest BCUT2D eigenvalue weighted by Gasteiger charge is -2.12. The van der Waals surface area contributed by atoms with Crippen molar-refractivity contribution in [2.24, 2.45) is 4.99 Å². The number of methoxy groups -OCH3 is 4. The molecule has 1 aliphatic rings. The van der Waals surface area contributed by atoms with Crippen LogP contribution in [0.4, 0.5) is 5.69 Å². The quantitative estimate of drug-likeness (QED) is 0.189. The third kappa shape index (κ3) is 8.48. The van der Waals surface area contributed by atoms with Gasteiger partial charge in [-0.3, -0.25) is 18.4 Å². The van der Waals surface area contributed by atoms with E-state index in [-0.39, 0.29) is 28.8 Å². The maximum Gasteiger partial charge on any atom is 0.197 e. The van der Waals surface area contributed by atoms with Crippen LogP contribution < -0.4 is 18.9 Å². The van der Waals surface area contributed by atoms with Gasteiger partial charge in [-0.05, 0) is 51.5 Å². The number of pyridine rings is 2. The summed E-state index contributed by atoms with van der Waals surface area (Å²) in [5, 5.41) is 1.11. The lowest BCUT2D eigenvalue weighted by molar-refractivity contribution is 0.407. The minimum absolute atomic E-state index is 0. The second-order valence-electron chi connectivity index (χ2n) is 11.2. The molecule has 0 spiro atoms. The summed E-state index contributed by atoms with van der Waals surface area (Å²) >= 11 is 0. The van der Waals surface area contributed by atoms with Crippen LogP contribution in [-0.4, -0.2) is 84.9 Å². The molecule has 3 aromatic heterocycles. The molecule has 2 radical (unpaired) electrons. The largest absolute Gasteiger partial charge is 0.497 e. The van der Waals surface area contributed by atoms with Crippen LogP contribution >= 0.6 is 0 Å². The van der Waals surface area contributed by atoms with Crippen molar-refractivity contribution in [3.8, 4) is 23.0 Å². The van der Waals surface area contributed by atoms with E-state index in [2.05, 4.69) is 24.9 Å². The molecule has 4 heterocycles. The summed E-state index contributed by atoms with van der Waals surface area (Å²) in [6, 6.07) is 11.2. The van der Waals surface area contributed by atoms with Crippen molar-refractivity contribution in [1.82, 2.24) is 19.9 Å². The Morgan fingerprint density at radius 3 is 1.86 bits per heavy atom. The predicted octanol–water partition coefficient (Wildman–Crippen LogP) is 5.77. The number of fused-ring (bicyclic) bond motifs is 2. The Morgan fingerprint density at radius 1 is 0.735 bits per heavy atom. The van der Waals surface area contributed by atoms with Gasteiger partial charge >= 0.3 is 0 Å². The zero-order valence-corrected chi connectivity index (χ0v) is 32.0. The van der Waals surface area contributed by atoms with Crippen LogP contribution in [0, 0.1) is 27.7 Å². The summed E-state index contributed by atoms with van der Waals surface area (Å²) in [4.78, 5) is 20.9. The highest BCUT2D eigenvalue weighted by atomic mass is 32.2. The van der Waals surface area contributed by atoms with Gasteiger partial charge in [0.15, 0.2) is 5.16 Å². The minimum Gasteiger partial charge on any atom is -0.497 e. The van der Waals surface area contributed by atoms with E-state index in [1.54, 1.807) is 40.8 Å². The molecule has 1 aliphatic heterocycles. The van der Waals surface area contributed by atoms with E-state index >= 15 is 0 Å². The summed E-state index contributed by atoms with van der Waals surface area (Å²) in [6.45, 7) is 7.76. The molecule has 1 N–H and O–H groups in total. The summed E-state index contributed by atoms with van der Waals surface area (Å²) < 4.78 is 46.6. The van der Waals surface area contributed by atoms with Gasteiger partial charge < -0.3 is 23.9 Å². The smallest absolute Gasteiger partial charge is 0.197 e. The first kappa shape index (κ1) is 38.0. The highest BCUT2D eigenvalue weighted by Gasteiger charge is 2.22. The van der Waals surface area contributed by atoms with Crippen LogP contribution in [-0.2, 0) is 39.5 Å². The maximum absolute atomic E-state index is 12.7. The zero-order valence-electron chi connectivity index (χ0n) is 29.0. The lowest BCUT2D eigenvalue weighted by Crippen LogP contribution is -2.12. The normalized spacial score (nSPS) is 12.9. The minimum atomic E-state index is -1.33. The van der Waals surface area contributed by atoms with E-state index in [0.717, 1.165) is 78.9 Å². The van der Waals surface area contributed by atoms with Gasteiger partial charge in [-0.25, -0.2) is 9.98 Å². The van der Waals surface area contributed by atoms with E-state index in [1.807, 2.05) is 64.1 Å². The number of benzene rings is 2. The van der Waals surface area contributed by atoms with Gasteiger partial charge in [0.2, 0.25) is 0 Å². The highest BCUT2D eigenvalue weighted by molar-refractivity contribution is 8.00. The fourth-order valence-corrected chi connectivity index (χ4v) is 7.75. The number of imidazole rings is 1. The van der Waals surface area contributed by atoms with Crippen molar-refractivity contribution in [2.75, 3.05) is 28.4 Å². The number of aromatic nitrogens is 4. The molecule has 11 nitrogen and oxygen atoms in total. The van der Waals surface area contributed by atoms with E-state index in [9.17, 15) is 8.42 Å². The molecule has 49 heavy (non-hydrogen) atoms. The summed E-state index contributed by atoms with van der Waals surface area (Å²) in [6.07, 6.45) is 4.10. The van der Waals surface area contributed by atoms with Crippen LogP contribution in [0.25, 0.3) is 11.0 Å². The molecule has 0 saturated heterocycles. The Balaban J connectivity index is 0.000000216. The van der Waals surface area contributed by atoms with Crippen molar-refractivity contribution in [2.45, 2.75) is 50.8 Å². The van der Waals surface area contributed by atoms with E-state index in [4.69, 9.17) is 18.9 Å². The third-order valence-electron chi connectivity index (χ3n) is 8.06. The molecule has 6 rings (SSSR count). The number of aromatic amines is 1. The standard InChI is InChI=1S/C18H20N2O3S.C17H19N3O3S.Mg/c1-11-9-19-16(12(2)18(11)23-4)10-24(21)17-7-13-5-6-14(22-3)8-15(13)20-17;1-10-8-18-15(11(2)16(10)23-4)9-24(21)17-19-13-6-5-12(22-3)7-14(13)20-17;/h5-6,8-9H,7,10H2,1-4H3;5-8H,9H2,1-4H3,(H,19,20);. The molecule has 2 aromatic carbocycles. The number of nitrogens with zero attached hydrogens (tertiary/aromatic N) is 4. The van der Waals surface area contributed by atoms with Crippen LogP contribution in [0.3, 0.4) is 0 Å². The Morgan fingerprint density at radius 2 is 1.29 bits per heavy atom. The number of hydrogen-bond acceptors (Lipinski definition) is 10. The number of hydrogen-bond donors (Lipinski definition) is 1. The molecular weight excluding hydrogens is 675 g/mol. The molecule has 0 amide bonds. The van der Waals surface area contributed by atoms with Gasteiger partial charge in [0, 0.05) is 76.3 Å². The highest BCUT2D eigenvalue weighted by Crippen LogP contribution is 2.32. The Bertz CT molecular complexity index is 2070. The molecule has 254 valence electrons. The first-order valence-corrected chi connectivity index (χ1v) is 17.7. The Hall–Kier alpha value is -3.85. The number of aliphatic imine (C=N–C) groups is 1. The summed E-state index contributed by atoms with van der Waals surface area (Å²) in [5.74, 6) is 3.69. The maximum atomic E-state index is 12.7. The Labute approximate surface area is 307 Å². The number of aryl methyl sites for hydroxylation is 2. The van der Waals surface area contributed by atoms with Gasteiger partial charge in [0.25, 0.3) is 0 Å². The second-order valence-corrected chi connectivity index (χ2v) is 14.0. The molecule has 14 heteroatoms. The third-order valence-corrected chi connectivity index (χ3v) is 10.5. The fourth-order valence-electron chi connectivity index (χ4n) is 5.43. The number of nitrogens with one attached hydrogen (secondary N) is 1. The van der Waals surface area contributed by atoms with Crippen molar-refractivity contribution >= 4 is 66.4 Å². The van der Waals surface area contributed by atoms with Crippen LogP contribution in [0.5, 0.6) is 23.0 Å². The van der Waals surface area contributed by atoms with E-state index in [0.29, 0.717) is 22.4 Å². The van der Waals surface area contributed by atoms with Crippen molar-refractivity contribution in [3.05, 3.63) is 88.0 Å². The first-order chi connectivity index (χ1) is 23.1. The Kier molecular flexibility index (Phi) is 12.9. The summed E-state index contributed by atoms with van der Waals surface area (Å²) in [5.41, 5.74) is 8.76. The number of ether oxygens (including phenoxy) is 4. The van der Waals surface area contributed by atoms with Gasteiger partial charge in [-0.1, -0.05) is 6.07 Å². The summed E-state index contributed by atoms with van der Waals surface area (Å²) in [7, 11) is 3.95. The van der Waals surface area contributed by atoms with Crippen LogP contribution in [0.15, 0.2) is 58.9 Å². The lowest BCUT2D eigenvalue weighted by atomic mass is 10.1. The van der Waals surface area contributed by atoms with E-state index < -0.39 is 21.6 Å². The van der Waals surface area contributed by atoms with Crippen LogP contribution in [0.1, 0.15) is 39.2 Å². The monoisotopic (exact) mass is 713 g/mol. The molecule has 0 fully saturated rings. The average molecular weight is 714 g/mol.